The Hall–Kier alpha value is -2.24. The van der Waals surface area contributed by atoms with Crippen LogP contribution in [-0.2, 0) is 22.0 Å². The summed E-state index contributed by atoms with van der Waals surface area (Å²) in [7, 11) is -0.775. The van der Waals surface area contributed by atoms with Crippen molar-refractivity contribution < 1.29 is 14.6 Å². The molecule has 4 nitrogen and oxygen atoms in total. The van der Waals surface area contributed by atoms with E-state index in [1.165, 1.54) is 19.3 Å². The van der Waals surface area contributed by atoms with Crippen molar-refractivity contribution in [3.63, 3.8) is 0 Å². The number of carbonyl (C=O) groups excluding carboxylic acids is 1. The molecule has 0 spiro atoms. The number of aliphatic hydroxyl groups excluding tert-OH is 1. The molecule has 162 valence electrons. The molecule has 1 N–H and O–H groups in total. The first-order chi connectivity index (χ1) is 14.6. The second-order valence-electron chi connectivity index (χ2n) is 7.32. The number of benzene rings is 2. The van der Waals surface area contributed by atoms with Gasteiger partial charge in [-0.3, -0.25) is 0 Å². The third-order valence-electron chi connectivity index (χ3n) is 4.59. The molecule has 0 aliphatic carbocycles. The molecule has 2 rings (SSSR count). The van der Waals surface area contributed by atoms with Gasteiger partial charge in [-0.05, 0) is 37.5 Å². The maximum absolute atomic E-state index is 12.3. The average Bonchev–Trinajstić information content (AvgIpc) is 2.75. The van der Waals surface area contributed by atoms with Crippen molar-refractivity contribution in [2.75, 3.05) is 5.75 Å². The van der Waals surface area contributed by atoms with E-state index in [9.17, 15) is 9.90 Å². The molecule has 0 aromatic heterocycles. The number of amides is 1. The lowest BCUT2D eigenvalue weighted by Gasteiger charge is -2.12. The van der Waals surface area contributed by atoms with Crippen molar-refractivity contribution >= 4 is 16.8 Å². The number of aliphatic hydroxyl groups is 1. The molecule has 0 fully saturated rings. The third-order valence-corrected chi connectivity index (χ3v) is 6.44. The topological polar surface area (TPSA) is 58.9 Å². The quantitative estimate of drug-likeness (QED) is 0.334. The maximum Gasteiger partial charge on any atom is 0.440 e. The minimum absolute atomic E-state index is 0.189. The Morgan fingerprint density at radius 1 is 1.10 bits per heavy atom. The molecule has 2 aromatic carbocycles. The Labute approximate surface area is 183 Å². The first-order valence-electron chi connectivity index (χ1n) is 10.6. The Morgan fingerprint density at radius 2 is 1.83 bits per heavy atom. The summed E-state index contributed by atoms with van der Waals surface area (Å²) >= 11 is 0. The molecule has 5 heteroatoms. The van der Waals surface area contributed by atoms with E-state index >= 15 is 0 Å². The molecule has 1 amide bonds. The van der Waals surface area contributed by atoms with Crippen LogP contribution in [0.5, 0.6) is 0 Å². The number of nitrogens with zero attached hydrogens (tertiary/aromatic N) is 1. The molecule has 0 saturated carbocycles. The highest BCUT2D eigenvalue weighted by atomic mass is 32.2. The van der Waals surface area contributed by atoms with Crippen LogP contribution in [0.15, 0.2) is 76.0 Å². The molecular weight excluding hydrogens is 394 g/mol. The summed E-state index contributed by atoms with van der Waals surface area (Å²) in [6.07, 6.45) is 8.39. The molecule has 0 saturated heterocycles. The van der Waals surface area contributed by atoms with Crippen LogP contribution in [0, 0.1) is 6.92 Å². The van der Waals surface area contributed by atoms with Gasteiger partial charge < -0.3 is 9.84 Å². The average molecular weight is 428 g/mol. The van der Waals surface area contributed by atoms with Crippen molar-refractivity contribution in [1.82, 2.24) is 0 Å². The molecule has 0 radical (unpaired) electrons. The second kappa shape index (κ2) is 13.9. The zero-order chi connectivity index (χ0) is 21.6. The molecule has 1 unspecified atom stereocenters. The van der Waals surface area contributed by atoms with Gasteiger partial charge in [0.05, 0.1) is 6.10 Å². The zero-order valence-electron chi connectivity index (χ0n) is 18.0. The molecule has 30 heavy (non-hydrogen) atoms. The number of unbranched alkanes of at least 4 members (excludes halogenated alkanes) is 4. The van der Waals surface area contributed by atoms with Crippen molar-refractivity contribution in [3.05, 3.63) is 77.9 Å². The van der Waals surface area contributed by atoms with Gasteiger partial charge in [-0.15, -0.1) is 4.36 Å². The van der Waals surface area contributed by atoms with Crippen molar-refractivity contribution in [1.29, 1.82) is 0 Å². The van der Waals surface area contributed by atoms with E-state index in [0.717, 1.165) is 28.9 Å². The van der Waals surface area contributed by atoms with Crippen molar-refractivity contribution in [2.24, 2.45) is 4.36 Å². The zero-order valence-corrected chi connectivity index (χ0v) is 18.8. The number of ether oxygens (including phenoxy) is 1. The summed E-state index contributed by atoms with van der Waals surface area (Å²) in [5.41, 5.74) is 2.06. The monoisotopic (exact) mass is 427 g/mol. The Morgan fingerprint density at radius 3 is 2.53 bits per heavy atom. The Bertz CT molecular complexity index is 816. The maximum atomic E-state index is 12.3. The summed E-state index contributed by atoms with van der Waals surface area (Å²) in [5, 5.41) is 10.5. The smallest absolute Gasteiger partial charge is 0.440 e. The first kappa shape index (κ1) is 24.0. The number of allylic oxidation sites excluding steroid dienone is 1. The molecule has 2 aromatic rings. The van der Waals surface area contributed by atoms with Crippen LogP contribution in [0.25, 0.3) is 0 Å². The lowest BCUT2D eigenvalue weighted by Crippen LogP contribution is -2.15. The number of hydrogen-bond donors (Lipinski definition) is 1. The van der Waals surface area contributed by atoms with E-state index in [-0.39, 0.29) is 6.61 Å². The summed E-state index contributed by atoms with van der Waals surface area (Å²) in [6, 6.07) is 17.5. The van der Waals surface area contributed by atoms with Gasteiger partial charge in [-0.2, -0.15) is 0 Å². The van der Waals surface area contributed by atoms with Crippen LogP contribution in [-0.4, -0.2) is 23.1 Å². The fourth-order valence-electron chi connectivity index (χ4n) is 2.88. The Balaban J connectivity index is 2.01. The van der Waals surface area contributed by atoms with E-state index in [4.69, 9.17) is 4.74 Å². The highest BCUT2D eigenvalue weighted by Crippen LogP contribution is 2.14. The van der Waals surface area contributed by atoms with Crippen molar-refractivity contribution in [3.8, 4) is 0 Å². The van der Waals surface area contributed by atoms with Gasteiger partial charge in [-0.25, -0.2) is 4.79 Å². The van der Waals surface area contributed by atoms with Gasteiger partial charge in [0.2, 0.25) is 0 Å². The molecule has 0 aliphatic heterocycles. The summed E-state index contributed by atoms with van der Waals surface area (Å²) in [6.45, 7) is 4.40. The number of carbonyl (C=O) groups is 1. The van der Waals surface area contributed by atoms with Crippen LogP contribution in [0.1, 0.15) is 50.2 Å². The minimum atomic E-state index is -0.775. The van der Waals surface area contributed by atoms with E-state index in [1.807, 2.05) is 73.7 Å². The summed E-state index contributed by atoms with van der Waals surface area (Å²) < 4.78 is 9.60. The van der Waals surface area contributed by atoms with Gasteiger partial charge in [0.1, 0.15) is 6.61 Å². The van der Waals surface area contributed by atoms with Gasteiger partial charge >= 0.3 is 6.09 Å². The van der Waals surface area contributed by atoms with E-state index in [2.05, 4.69) is 11.3 Å². The first-order valence-corrected chi connectivity index (χ1v) is 12.0. The summed E-state index contributed by atoms with van der Waals surface area (Å²) in [4.78, 5) is 13.3. The fraction of sp³-hybridized carbons (Fsp3) is 0.400. The van der Waals surface area contributed by atoms with Crippen LogP contribution in [0.4, 0.5) is 4.79 Å². The Kier molecular flexibility index (Phi) is 11.1. The molecule has 2 atom stereocenters. The fourth-order valence-corrected chi connectivity index (χ4v) is 4.37. The van der Waals surface area contributed by atoms with Gasteiger partial charge in [0, 0.05) is 10.6 Å². The van der Waals surface area contributed by atoms with E-state index in [0.29, 0.717) is 5.75 Å². The lowest BCUT2D eigenvalue weighted by atomic mass is 10.1. The predicted molar refractivity (Wildman–Crippen MR) is 125 cm³/mol. The molecule has 0 heterocycles. The van der Waals surface area contributed by atoms with Crippen LogP contribution < -0.4 is 0 Å². The van der Waals surface area contributed by atoms with Crippen molar-refractivity contribution in [2.45, 2.75) is 63.6 Å². The highest BCUT2D eigenvalue weighted by molar-refractivity contribution is 7.87. The lowest BCUT2D eigenvalue weighted by molar-refractivity contribution is 0.151. The number of aryl methyl sites for hydroxylation is 1. The minimum Gasteiger partial charge on any atom is -0.443 e. The number of rotatable bonds is 11. The third kappa shape index (κ3) is 9.51. The van der Waals surface area contributed by atoms with E-state index in [1.54, 1.807) is 0 Å². The highest BCUT2D eigenvalue weighted by Gasteiger charge is 2.11. The van der Waals surface area contributed by atoms with Crippen LogP contribution in [0.3, 0.4) is 0 Å². The molecule has 0 bridgehead atoms. The molecule has 0 aliphatic rings. The van der Waals surface area contributed by atoms with E-state index < -0.39 is 22.9 Å². The largest absolute Gasteiger partial charge is 0.443 e. The normalized spacial score (nSPS) is 13.4. The second-order valence-corrected chi connectivity index (χ2v) is 9.04. The molecular formula is C25H33NO3S. The predicted octanol–water partition coefficient (Wildman–Crippen LogP) is 6.38. The van der Waals surface area contributed by atoms with Crippen LogP contribution in [0.2, 0.25) is 0 Å². The summed E-state index contributed by atoms with van der Waals surface area (Å²) in [5.74, 6) is 0.370. The van der Waals surface area contributed by atoms with Gasteiger partial charge in [0.15, 0.2) is 0 Å². The van der Waals surface area contributed by atoms with Gasteiger partial charge in [-0.1, -0.05) is 97.1 Å². The SMILES string of the molecule is CCCCCC/C=C/[C@H](O)C/S(=N/C(=O)OCc1ccccc1)c1ccc(C)cc1. The van der Waals surface area contributed by atoms with Gasteiger partial charge in [0.25, 0.3) is 0 Å². The standard InChI is InChI=1S/C25H33NO3S/c1-3-4-5-6-7-11-14-23(27)20-30(24-17-15-21(2)16-18-24)26-25(28)29-19-22-12-9-8-10-13-22/h8-18,23,27H,3-7,19-20H2,1-2H3/b14-11+/t23-,30?/m0/s1. The number of hydrogen-bond acceptors (Lipinski definition) is 3. The van der Waals surface area contributed by atoms with Crippen LogP contribution >= 0.6 is 0 Å².